The molecule has 0 N–H and O–H groups in total. The molecule has 0 radical (unpaired) electrons. The summed E-state index contributed by atoms with van der Waals surface area (Å²) in [6.45, 7) is 0. The second-order valence-electron chi connectivity index (χ2n) is 4.34. The number of aliphatic imine (C=N–C) groups is 1. The van der Waals surface area contributed by atoms with Crippen LogP contribution in [0.3, 0.4) is 0 Å². The average molecular weight is 267 g/mol. The van der Waals surface area contributed by atoms with Gasteiger partial charge in [-0.25, -0.2) is 0 Å². The van der Waals surface area contributed by atoms with Crippen LogP contribution in [0.5, 0.6) is 0 Å². The van der Waals surface area contributed by atoms with Gasteiger partial charge in [-0.15, -0.1) is 0 Å². The number of hydrogen-bond acceptors (Lipinski definition) is 3. The molecule has 102 valence electrons. The fourth-order valence-electron chi connectivity index (χ4n) is 1.88. The largest absolute Gasteiger partial charge is 0.469 e. The molecule has 2 aromatic rings. The molecule has 0 amide bonds. The molecule has 0 aliphatic heterocycles. The van der Waals surface area contributed by atoms with Crippen molar-refractivity contribution in [3.8, 4) is 0 Å². The lowest BCUT2D eigenvalue weighted by atomic mass is 10.1. The van der Waals surface area contributed by atoms with E-state index in [4.69, 9.17) is 4.74 Å². The molecule has 2 rings (SSSR count). The Morgan fingerprint density at radius 3 is 2.15 bits per heavy atom. The molecule has 2 aromatic carbocycles. The lowest BCUT2D eigenvalue weighted by Gasteiger charge is -2.06. The number of rotatable bonds is 5. The van der Waals surface area contributed by atoms with E-state index in [0.29, 0.717) is 12.8 Å². The highest BCUT2D eigenvalue weighted by molar-refractivity contribution is 6.03. The van der Waals surface area contributed by atoms with Gasteiger partial charge in [0.25, 0.3) is 0 Å². The van der Waals surface area contributed by atoms with Crippen LogP contribution in [-0.4, -0.2) is 18.8 Å². The summed E-state index contributed by atoms with van der Waals surface area (Å²) in [6.07, 6.45) is 0.892. The van der Waals surface area contributed by atoms with E-state index in [1.165, 1.54) is 7.11 Å². The third kappa shape index (κ3) is 4.05. The number of esters is 1. The minimum Gasteiger partial charge on any atom is -0.469 e. The maximum atomic E-state index is 11.3. The molecule has 0 fully saturated rings. The van der Waals surface area contributed by atoms with Crippen molar-refractivity contribution >= 4 is 17.4 Å². The van der Waals surface area contributed by atoms with Crippen molar-refractivity contribution in [2.75, 3.05) is 7.11 Å². The molecule has 20 heavy (non-hydrogen) atoms. The Morgan fingerprint density at radius 1 is 0.950 bits per heavy atom. The minimum atomic E-state index is -0.221. The zero-order valence-corrected chi connectivity index (χ0v) is 11.5. The van der Waals surface area contributed by atoms with Gasteiger partial charge in [-0.2, -0.15) is 0 Å². The van der Waals surface area contributed by atoms with E-state index >= 15 is 0 Å². The molecule has 0 unspecified atom stereocenters. The van der Waals surface area contributed by atoms with Gasteiger partial charge in [0.2, 0.25) is 0 Å². The van der Waals surface area contributed by atoms with Crippen molar-refractivity contribution < 1.29 is 9.53 Å². The number of benzene rings is 2. The van der Waals surface area contributed by atoms with Crippen LogP contribution in [0.2, 0.25) is 0 Å². The first-order chi connectivity index (χ1) is 9.79. The summed E-state index contributed by atoms with van der Waals surface area (Å²) in [4.78, 5) is 16.0. The van der Waals surface area contributed by atoms with E-state index in [-0.39, 0.29) is 5.97 Å². The summed E-state index contributed by atoms with van der Waals surface area (Å²) in [5.74, 6) is -0.221. The van der Waals surface area contributed by atoms with Crippen molar-refractivity contribution in [3.05, 3.63) is 66.2 Å². The second-order valence-corrected chi connectivity index (χ2v) is 4.34. The Hall–Kier alpha value is -2.42. The van der Waals surface area contributed by atoms with Crippen LogP contribution in [0.15, 0.2) is 65.7 Å². The van der Waals surface area contributed by atoms with Gasteiger partial charge >= 0.3 is 5.97 Å². The summed E-state index contributed by atoms with van der Waals surface area (Å²) >= 11 is 0. The molecule has 0 bridgehead atoms. The fourth-order valence-corrected chi connectivity index (χ4v) is 1.88. The highest BCUT2D eigenvalue weighted by Crippen LogP contribution is 2.16. The van der Waals surface area contributed by atoms with Crippen LogP contribution >= 0.6 is 0 Å². The number of ether oxygens (including phenoxy) is 1. The molecule has 0 spiro atoms. The normalized spacial score (nSPS) is 11.2. The number of carbonyl (C=O) groups excluding carboxylic acids is 1. The monoisotopic (exact) mass is 267 g/mol. The Morgan fingerprint density at radius 2 is 1.55 bits per heavy atom. The number of para-hydroxylation sites is 1. The van der Waals surface area contributed by atoms with Crippen LogP contribution in [0.1, 0.15) is 18.4 Å². The van der Waals surface area contributed by atoms with E-state index in [1.54, 1.807) is 0 Å². The summed E-state index contributed by atoms with van der Waals surface area (Å²) in [5, 5.41) is 0. The Bertz CT molecular complexity index is 576. The molecule has 0 heterocycles. The third-order valence-electron chi connectivity index (χ3n) is 2.92. The van der Waals surface area contributed by atoms with E-state index < -0.39 is 0 Å². The lowest BCUT2D eigenvalue weighted by Crippen LogP contribution is -2.07. The predicted molar refractivity (Wildman–Crippen MR) is 80.3 cm³/mol. The summed E-state index contributed by atoms with van der Waals surface area (Å²) in [6, 6.07) is 19.6. The Labute approximate surface area is 118 Å². The molecular formula is C17H17NO2. The van der Waals surface area contributed by atoms with Crippen LogP contribution in [0.25, 0.3) is 0 Å². The van der Waals surface area contributed by atoms with E-state index in [2.05, 4.69) is 4.99 Å². The zero-order chi connectivity index (χ0) is 14.2. The maximum Gasteiger partial charge on any atom is 0.305 e. The minimum absolute atomic E-state index is 0.221. The van der Waals surface area contributed by atoms with Gasteiger partial charge in [0.1, 0.15) is 0 Å². The van der Waals surface area contributed by atoms with Crippen molar-refractivity contribution in [3.63, 3.8) is 0 Å². The molecule has 0 aliphatic carbocycles. The number of hydrogen-bond donors (Lipinski definition) is 0. The van der Waals surface area contributed by atoms with Gasteiger partial charge in [-0.1, -0.05) is 48.5 Å². The Kier molecular flexibility index (Phi) is 5.07. The molecular weight excluding hydrogens is 250 g/mol. The molecule has 0 saturated carbocycles. The maximum absolute atomic E-state index is 11.3. The number of carbonyl (C=O) groups is 1. The first-order valence-electron chi connectivity index (χ1n) is 6.54. The lowest BCUT2D eigenvalue weighted by molar-refractivity contribution is -0.140. The summed E-state index contributed by atoms with van der Waals surface area (Å²) in [7, 11) is 1.40. The SMILES string of the molecule is COC(=O)CCC(=Nc1ccccc1)c1ccccc1. The first kappa shape index (κ1) is 14.0. The number of nitrogens with zero attached hydrogens (tertiary/aromatic N) is 1. The van der Waals surface area contributed by atoms with Gasteiger partial charge in [0.15, 0.2) is 0 Å². The van der Waals surface area contributed by atoms with Crippen LogP contribution in [0, 0.1) is 0 Å². The Balaban J connectivity index is 2.25. The van der Waals surface area contributed by atoms with Crippen molar-refractivity contribution in [1.29, 1.82) is 0 Å². The zero-order valence-electron chi connectivity index (χ0n) is 11.5. The highest BCUT2D eigenvalue weighted by atomic mass is 16.5. The van der Waals surface area contributed by atoms with Crippen LogP contribution in [0.4, 0.5) is 5.69 Å². The second kappa shape index (κ2) is 7.24. The van der Waals surface area contributed by atoms with Crippen LogP contribution < -0.4 is 0 Å². The molecule has 3 heteroatoms. The van der Waals surface area contributed by atoms with E-state index in [9.17, 15) is 4.79 Å². The van der Waals surface area contributed by atoms with Gasteiger partial charge in [0.05, 0.1) is 19.2 Å². The smallest absolute Gasteiger partial charge is 0.305 e. The topological polar surface area (TPSA) is 38.7 Å². The molecule has 0 aromatic heterocycles. The molecule has 0 aliphatic rings. The molecule has 3 nitrogen and oxygen atoms in total. The third-order valence-corrected chi connectivity index (χ3v) is 2.92. The highest BCUT2D eigenvalue weighted by Gasteiger charge is 2.07. The van der Waals surface area contributed by atoms with Crippen molar-refractivity contribution in [2.45, 2.75) is 12.8 Å². The van der Waals surface area contributed by atoms with Gasteiger partial charge in [-0.3, -0.25) is 9.79 Å². The average Bonchev–Trinajstić information content (AvgIpc) is 2.53. The van der Waals surface area contributed by atoms with E-state index in [1.807, 2.05) is 60.7 Å². The molecule has 0 saturated heterocycles. The number of methoxy groups -OCH3 is 1. The fraction of sp³-hybridized carbons (Fsp3) is 0.176. The van der Waals surface area contributed by atoms with E-state index in [0.717, 1.165) is 17.0 Å². The van der Waals surface area contributed by atoms with Crippen molar-refractivity contribution in [2.24, 2.45) is 4.99 Å². The summed E-state index contributed by atoms with van der Waals surface area (Å²) < 4.78 is 4.69. The summed E-state index contributed by atoms with van der Waals surface area (Å²) in [5.41, 5.74) is 2.80. The standard InChI is InChI=1S/C17H17NO2/c1-20-17(19)13-12-16(14-8-4-2-5-9-14)18-15-10-6-3-7-11-15/h2-11H,12-13H2,1H3. The first-order valence-corrected chi connectivity index (χ1v) is 6.54. The molecule has 0 atom stereocenters. The quantitative estimate of drug-likeness (QED) is 0.611. The van der Waals surface area contributed by atoms with Gasteiger partial charge < -0.3 is 4.74 Å². The predicted octanol–water partition coefficient (Wildman–Crippen LogP) is 3.76. The van der Waals surface area contributed by atoms with Crippen molar-refractivity contribution in [1.82, 2.24) is 0 Å². The van der Waals surface area contributed by atoms with Crippen LogP contribution in [-0.2, 0) is 9.53 Å². The van der Waals surface area contributed by atoms with Gasteiger partial charge in [-0.05, 0) is 17.7 Å². The van der Waals surface area contributed by atoms with Gasteiger partial charge in [0, 0.05) is 12.1 Å².